The first-order chi connectivity index (χ1) is 8.24. The summed E-state index contributed by atoms with van der Waals surface area (Å²) < 4.78 is 10.4. The molecule has 0 bridgehead atoms. The minimum atomic E-state index is 0.693. The average Bonchev–Trinajstić information content (AvgIpc) is 2.34. The zero-order valence-corrected chi connectivity index (χ0v) is 11.7. The molecule has 0 saturated heterocycles. The molecule has 0 amide bonds. The Bertz CT molecular complexity index is 185. The summed E-state index contributed by atoms with van der Waals surface area (Å²) in [5.74, 6) is 1.74. The van der Waals surface area contributed by atoms with Crippen molar-refractivity contribution >= 4 is 0 Å². The fourth-order valence-electron chi connectivity index (χ4n) is 2.60. The highest BCUT2D eigenvalue weighted by molar-refractivity contribution is 4.79. The highest BCUT2D eigenvalue weighted by Crippen LogP contribution is 2.29. The van der Waals surface area contributed by atoms with E-state index in [4.69, 9.17) is 9.47 Å². The first-order valence-electron chi connectivity index (χ1n) is 7.04. The van der Waals surface area contributed by atoms with Crippen molar-refractivity contribution < 1.29 is 9.47 Å². The highest BCUT2D eigenvalue weighted by atomic mass is 16.5. The van der Waals surface area contributed by atoms with E-state index >= 15 is 0 Å². The first-order valence-corrected chi connectivity index (χ1v) is 7.04. The maximum Gasteiger partial charge on any atom is 0.0700 e. The Morgan fingerprint density at radius 2 is 2.00 bits per heavy atom. The van der Waals surface area contributed by atoms with Crippen molar-refractivity contribution in [3.05, 3.63) is 0 Å². The van der Waals surface area contributed by atoms with Crippen LogP contribution < -0.4 is 5.32 Å². The molecule has 0 radical (unpaired) electrons. The number of nitrogens with one attached hydrogen (secondary N) is 1. The fourth-order valence-corrected chi connectivity index (χ4v) is 2.60. The van der Waals surface area contributed by atoms with Gasteiger partial charge in [0.05, 0.1) is 19.8 Å². The van der Waals surface area contributed by atoms with E-state index in [1.165, 1.54) is 25.7 Å². The molecule has 0 aromatic carbocycles. The van der Waals surface area contributed by atoms with Gasteiger partial charge >= 0.3 is 0 Å². The van der Waals surface area contributed by atoms with Crippen LogP contribution in [0, 0.1) is 11.8 Å². The van der Waals surface area contributed by atoms with Gasteiger partial charge in [-0.15, -0.1) is 0 Å². The third-order valence-corrected chi connectivity index (χ3v) is 3.77. The number of methoxy groups -OCH3 is 1. The summed E-state index contributed by atoms with van der Waals surface area (Å²) in [5.41, 5.74) is 0. The summed E-state index contributed by atoms with van der Waals surface area (Å²) in [5, 5.41) is 3.62. The minimum absolute atomic E-state index is 0.693. The second-order valence-electron chi connectivity index (χ2n) is 5.43. The lowest BCUT2D eigenvalue weighted by molar-refractivity contribution is 0.0698. The van der Waals surface area contributed by atoms with Gasteiger partial charge in [0.2, 0.25) is 0 Å². The van der Waals surface area contributed by atoms with Crippen molar-refractivity contribution in [2.24, 2.45) is 11.8 Å². The van der Waals surface area contributed by atoms with Gasteiger partial charge in [-0.25, -0.2) is 0 Å². The molecule has 1 aliphatic rings. The van der Waals surface area contributed by atoms with Gasteiger partial charge in [0.25, 0.3) is 0 Å². The number of hydrogen-bond donors (Lipinski definition) is 1. The van der Waals surface area contributed by atoms with Crippen molar-refractivity contribution in [2.75, 3.05) is 33.5 Å². The summed E-state index contributed by atoms with van der Waals surface area (Å²) in [6.45, 7) is 7.86. The van der Waals surface area contributed by atoms with Gasteiger partial charge in [-0.2, -0.15) is 0 Å². The van der Waals surface area contributed by atoms with Gasteiger partial charge in [0.15, 0.2) is 0 Å². The molecule has 1 fully saturated rings. The molecule has 102 valence electrons. The molecule has 3 nitrogen and oxygen atoms in total. The van der Waals surface area contributed by atoms with Crippen molar-refractivity contribution in [2.45, 2.75) is 45.6 Å². The van der Waals surface area contributed by atoms with Crippen LogP contribution in [0.2, 0.25) is 0 Å². The Morgan fingerprint density at radius 1 is 1.18 bits per heavy atom. The molecule has 0 heterocycles. The standard InChI is InChI=1S/C14H29NO2/c1-12(2)13-5-4-6-14(11-13)15-7-8-17-10-9-16-3/h12-15H,4-11H2,1-3H3. The molecule has 0 spiro atoms. The lowest BCUT2D eigenvalue weighted by Gasteiger charge is -2.32. The Morgan fingerprint density at radius 3 is 2.71 bits per heavy atom. The van der Waals surface area contributed by atoms with E-state index in [1.54, 1.807) is 7.11 Å². The van der Waals surface area contributed by atoms with Gasteiger partial charge in [0, 0.05) is 19.7 Å². The third kappa shape index (κ3) is 6.39. The van der Waals surface area contributed by atoms with Gasteiger partial charge in [-0.3, -0.25) is 0 Å². The van der Waals surface area contributed by atoms with Crippen LogP contribution >= 0.6 is 0 Å². The number of rotatable bonds is 8. The van der Waals surface area contributed by atoms with Crippen LogP contribution in [0.1, 0.15) is 39.5 Å². The predicted octanol–water partition coefficient (Wildman–Crippen LogP) is 2.45. The van der Waals surface area contributed by atoms with Crippen LogP contribution in [-0.2, 0) is 9.47 Å². The molecular weight excluding hydrogens is 214 g/mol. The largest absolute Gasteiger partial charge is 0.382 e. The summed E-state index contributed by atoms with van der Waals surface area (Å²) in [6.07, 6.45) is 5.47. The molecule has 0 aromatic heterocycles. The van der Waals surface area contributed by atoms with Crippen LogP contribution in [0.5, 0.6) is 0 Å². The Hall–Kier alpha value is -0.120. The van der Waals surface area contributed by atoms with E-state index in [2.05, 4.69) is 19.2 Å². The normalized spacial score (nSPS) is 25.4. The van der Waals surface area contributed by atoms with E-state index in [9.17, 15) is 0 Å². The van der Waals surface area contributed by atoms with E-state index in [-0.39, 0.29) is 0 Å². The summed E-state index contributed by atoms with van der Waals surface area (Å²) >= 11 is 0. The van der Waals surface area contributed by atoms with Gasteiger partial charge in [0.1, 0.15) is 0 Å². The summed E-state index contributed by atoms with van der Waals surface area (Å²) in [7, 11) is 1.70. The topological polar surface area (TPSA) is 30.5 Å². The molecule has 0 aromatic rings. The quantitative estimate of drug-likeness (QED) is 0.664. The third-order valence-electron chi connectivity index (χ3n) is 3.77. The van der Waals surface area contributed by atoms with E-state index in [0.717, 1.165) is 25.0 Å². The molecule has 0 aliphatic heterocycles. The minimum Gasteiger partial charge on any atom is -0.382 e. The average molecular weight is 243 g/mol. The predicted molar refractivity (Wildman–Crippen MR) is 71.3 cm³/mol. The monoisotopic (exact) mass is 243 g/mol. The maximum atomic E-state index is 5.45. The lowest BCUT2D eigenvalue weighted by Crippen LogP contribution is -2.37. The van der Waals surface area contributed by atoms with Crippen LogP contribution in [0.25, 0.3) is 0 Å². The summed E-state index contributed by atoms with van der Waals surface area (Å²) in [4.78, 5) is 0. The number of hydrogen-bond acceptors (Lipinski definition) is 3. The molecule has 1 rings (SSSR count). The van der Waals surface area contributed by atoms with Crippen molar-refractivity contribution in [3.63, 3.8) is 0 Å². The van der Waals surface area contributed by atoms with Crippen LogP contribution in [0.15, 0.2) is 0 Å². The van der Waals surface area contributed by atoms with E-state index < -0.39 is 0 Å². The van der Waals surface area contributed by atoms with Gasteiger partial charge in [-0.1, -0.05) is 26.7 Å². The molecule has 1 N–H and O–H groups in total. The summed E-state index contributed by atoms with van der Waals surface area (Å²) in [6, 6.07) is 0.710. The van der Waals surface area contributed by atoms with Crippen LogP contribution in [-0.4, -0.2) is 39.5 Å². The number of ether oxygens (including phenoxy) is 2. The van der Waals surface area contributed by atoms with E-state index in [0.29, 0.717) is 19.3 Å². The van der Waals surface area contributed by atoms with E-state index in [1.807, 2.05) is 0 Å². The van der Waals surface area contributed by atoms with Crippen LogP contribution in [0.3, 0.4) is 0 Å². The van der Waals surface area contributed by atoms with Crippen LogP contribution in [0.4, 0.5) is 0 Å². The first kappa shape index (κ1) is 14.9. The van der Waals surface area contributed by atoms with Crippen molar-refractivity contribution in [1.29, 1.82) is 0 Å². The molecule has 1 saturated carbocycles. The molecule has 3 heteroatoms. The maximum absolute atomic E-state index is 5.45. The molecule has 1 aliphatic carbocycles. The smallest absolute Gasteiger partial charge is 0.0700 e. The molecular formula is C14H29NO2. The lowest BCUT2D eigenvalue weighted by atomic mass is 9.79. The Kier molecular flexibility index (Phi) is 7.82. The molecule has 2 unspecified atom stereocenters. The molecule has 17 heavy (non-hydrogen) atoms. The zero-order valence-electron chi connectivity index (χ0n) is 11.7. The van der Waals surface area contributed by atoms with Gasteiger partial charge in [-0.05, 0) is 24.7 Å². The SMILES string of the molecule is COCCOCCNC1CCCC(C(C)C)C1. The van der Waals surface area contributed by atoms with Crippen molar-refractivity contribution in [3.8, 4) is 0 Å². The Balaban J connectivity index is 2.02. The second kappa shape index (κ2) is 8.90. The molecule has 2 atom stereocenters. The Labute approximate surface area is 106 Å². The zero-order chi connectivity index (χ0) is 12.5. The van der Waals surface area contributed by atoms with Gasteiger partial charge < -0.3 is 14.8 Å². The fraction of sp³-hybridized carbons (Fsp3) is 1.00. The van der Waals surface area contributed by atoms with Crippen molar-refractivity contribution in [1.82, 2.24) is 5.32 Å². The second-order valence-corrected chi connectivity index (χ2v) is 5.43. The highest BCUT2D eigenvalue weighted by Gasteiger charge is 2.23.